The van der Waals surface area contributed by atoms with Gasteiger partial charge in [-0.05, 0) is 6.92 Å². The SMILES string of the molecule is CC(=O)N[C@H]1[C@H](O[C@H]2[C@@H](O)[C@@H](CO[C@]3(C(=O)O)C[C@H](O)[C@@H](NC(C)=O)[C@H]([C@H](O)[C@H](O)CO)O3)OC(O)[C@@H]2NC(C)=O)O[C@H](CO)[C@@H](O[C@@H]2O[C@H](CO[C@]3(C(=O)O)C[C@H](O)[C@@H](NC(C)=O)[C@H]([C@H](O)[C@H](O)CO)O3)[C@H](O)[C@H](O[C@@H]3O[C@H](CO)[C@@H](O)[C@H](O[C@@H]4O[C@H](CO)[C@H](O)[C@H](O[C@H]5O[C@H](CO)[C@H](O)[C@H](O)[C@H]5NC(C)=O)[C@H]4O[C@@H]4O[C@@H](C)[C@@H](O)[C@@H](O)[C@@H]4O)[C@H]3NC(C)=O)[C@H]2O)[C@@H]1O. The Labute approximate surface area is 730 Å². The van der Waals surface area contributed by atoms with E-state index in [4.69, 9.17) is 80.5 Å². The van der Waals surface area contributed by atoms with E-state index in [2.05, 4.69) is 31.9 Å². The number of amides is 6. The third-order valence-electron chi connectivity index (χ3n) is 23.1. The van der Waals surface area contributed by atoms with Crippen LogP contribution in [0.5, 0.6) is 0 Å². The van der Waals surface area contributed by atoms with Crippen LogP contribution in [-0.4, -0.2) is 520 Å². The molecule has 0 aromatic rings. The first-order chi connectivity index (χ1) is 60.6. The summed E-state index contributed by atoms with van der Waals surface area (Å²) in [5.74, 6) is -16.6. The molecule has 0 spiro atoms. The third-order valence-corrected chi connectivity index (χ3v) is 23.1. The zero-order chi connectivity index (χ0) is 95.9. The third kappa shape index (κ3) is 24.1. The Hall–Kier alpha value is -5.88. The quantitative estimate of drug-likeness (QED) is 0.0277. The van der Waals surface area contributed by atoms with Gasteiger partial charge in [0.15, 0.2) is 44.0 Å². The molecule has 0 saturated carbocycles. The van der Waals surface area contributed by atoms with Crippen LogP contribution in [0.3, 0.4) is 0 Å². The lowest BCUT2D eigenvalue weighted by atomic mass is 9.88. The van der Waals surface area contributed by atoms with Crippen LogP contribution in [-0.2, 0) is 119 Å². The molecule has 32 N–H and O–H groups in total. The molecule has 9 aliphatic rings. The molecular weight excluding hydrogens is 1760 g/mol. The highest BCUT2D eigenvalue weighted by atomic mass is 16.8. The first-order valence-electron chi connectivity index (χ1n) is 40.7. The van der Waals surface area contributed by atoms with Gasteiger partial charge < -0.3 is 245 Å². The van der Waals surface area contributed by atoms with Crippen molar-refractivity contribution in [2.45, 2.75) is 348 Å². The molecule has 0 bridgehead atoms. The summed E-state index contributed by atoms with van der Waals surface area (Å²) in [5.41, 5.74) is 0. The molecule has 1 unspecified atom stereocenters. The lowest BCUT2D eigenvalue weighted by Gasteiger charge is -2.52. The highest BCUT2D eigenvalue weighted by molar-refractivity contribution is 5.78. The van der Waals surface area contributed by atoms with Crippen LogP contribution in [0.4, 0.5) is 0 Å². The van der Waals surface area contributed by atoms with Crippen molar-refractivity contribution in [3.05, 3.63) is 0 Å². The Balaban J connectivity index is 1.09. The van der Waals surface area contributed by atoms with Crippen LogP contribution in [0, 0.1) is 0 Å². The maximum atomic E-state index is 13.7. The maximum Gasteiger partial charge on any atom is 0.364 e. The number of aliphatic hydroxyl groups excluding tert-OH is 24. The minimum atomic E-state index is -3.33. The Morgan fingerprint density at radius 2 is 0.659 bits per heavy atom. The molecule has 9 rings (SSSR count). The lowest BCUT2D eigenvalue weighted by Crippen LogP contribution is -2.72. The summed E-state index contributed by atoms with van der Waals surface area (Å²) in [7, 11) is 0. The van der Waals surface area contributed by atoms with Crippen LogP contribution in [0.1, 0.15) is 61.3 Å². The number of hydrogen-bond acceptors (Lipinski definition) is 49. The summed E-state index contributed by atoms with van der Waals surface area (Å²) >= 11 is 0. The molecule has 9 aliphatic heterocycles. The topological polar surface area (TPSA) is 892 Å². The van der Waals surface area contributed by atoms with E-state index >= 15 is 0 Å². The number of carbonyl (C=O) groups is 8. The van der Waals surface area contributed by atoms with Gasteiger partial charge in [0.2, 0.25) is 35.4 Å². The average Bonchev–Trinajstić information content (AvgIpc) is 0.723. The Morgan fingerprint density at radius 3 is 1.12 bits per heavy atom. The van der Waals surface area contributed by atoms with E-state index in [1.165, 1.54) is 6.92 Å². The van der Waals surface area contributed by atoms with Gasteiger partial charge >= 0.3 is 11.9 Å². The fourth-order valence-electron chi connectivity index (χ4n) is 16.5. The number of aliphatic hydroxyl groups is 24. The second kappa shape index (κ2) is 45.6. The molecule has 57 nitrogen and oxygen atoms in total. The van der Waals surface area contributed by atoms with E-state index in [1.54, 1.807) is 0 Å². The maximum absolute atomic E-state index is 13.7. The van der Waals surface area contributed by atoms with Gasteiger partial charge in [0.25, 0.3) is 11.6 Å². The molecule has 9 fully saturated rings. The zero-order valence-corrected chi connectivity index (χ0v) is 69.9. The van der Waals surface area contributed by atoms with Crippen LogP contribution in [0.15, 0.2) is 0 Å². The second-order valence-electron chi connectivity index (χ2n) is 32.5. The standard InChI is InChI=1S/C72H118N6O51/c1-18-41(95)51(105)52(106)66(115-18)127-61-60(126-63-37(75-21(4)87)49(103)44(98)29(12-81)117-63)46(100)31(14-83)119-68(61)124-56-40(78-24(7)90)65(118-30(13-82)45(56)99)125-59-48(102)34(17-114-72(70(111)112)9-26(92)36(74-20(3)86)58(129-72)43(97)28(94)11-80)121-67(53(59)107)122-54-32(15-84)120-64(38(50(54)104)76-22(5)88)123-55-39(77-23(6)89)62(108)116-33(47(55)101)16-113-71(69(109)110)8-25(91)35(73-19(2)85)57(128-71)42(96)27(93)10-79/h18,25-68,79-84,91-108H,8-17H2,1-7H3,(H,73,85)(H,74,86)(H,75,87)(H,76,88)(H,77,89)(H,78,90)(H,109,110)(H,111,112)/t18-,25-,26-,27+,28+,29+,30+,31+,32+,33+,34+,35+,36+,37+,38+,39+,40+,41+,42+,43+,44-,45+,46-,47-,48-,49+,50+,51+,52-,53+,54+,55+,56+,57+,58+,59-,60-,61+,62?,63+,64-,65-,66-,67-,68-,71+,72+/m0/s1. The van der Waals surface area contributed by atoms with E-state index in [0.29, 0.717) is 0 Å². The number of carboxylic acids is 2. The highest BCUT2D eigenvalue weighted by Gasteiger charge is 2.64. The summed E-state index contributed by atoms with van der Waals surface area (Å²) < 4.78 is 102. The number of nitrogens with one attached hydrogen (secondary N) is 6. The molecular formula is C72H118N6O51. The van der Waals surface area contributed by atoms with Gasteiger partial charge in [-0.2, -0.15) is 0 Å². The van der Waals surface area contributed by atoms with Crippen molar-refractivity contribution in [2.75, 3.05) is 52.9 Å². The first-order valence-corrected chi connectivity index (χ1v) is 40.7. The number of aliphatic carboxylic acids is 2. The van der Waals surface area contributed by atoms with Gasteiger partial charge in [-0.15, -0.1) is 0 Å². The number of hydrogen-bond donors (Lipinski definition) is 32. The van der Waals surface area contributed by atoms with E-state index in [9.17, 15) is 171 Å². The molecule has 0 aromatic carbocycles. The lowest BCUT2D eigenvalue weighted by molar-refractivity contribution is -0.401. The van der Waals surface area contributed by atoms with E-state index in [0.717, 1.165) is 41.5 Å². The van der Waals surface area contributed by atoms with Crippen molar-refractivity contribution < 1.29 is 252 Å². The Bertz CT molecular complexity index is 3700. The van der Waals surface area contributed by atoms with Gasteiger partial charge in [-0.25, -0.2) is 9.59 Å². The zero-order valence-electron chi connectivity index (χ0n) is 69.9. The van der Waals surface area contributed by atoms with Crippen molar-refractivity contribution in [2.24, 2.45) is 0 Å². The Morgan fingerprint density at radius 1 is 0.326 bits per heavy atom. The fourth-order valence-corrected chi connectivity index (χ4v) is 16.5. The molecule has 6 amide bonds. The smallest absolute Gasteiger partial charge is 0.364 e. The van der Waals surface area contributed by atoms with Crippen molar-refractivity contribution in [1.29, 1.82) is 0 Å². The van der Waals surface area contributed by atoms with Crippen molar-refractivity contribution in [3.8, 4) is 0 Å². The molecule has 47 atom stereocenters. The summed E-state index contributed by atoms with van der Waals surface area (Å²) in [6.45, 7) is -3.52. The van der Waals surface area contributed by atoms with E-state index in [-0.39, 0.29) is 0 Å². The number of carbonyl (C=O) groups excluding carboxylic acids is 6. The van der Waals surface area contributed by atoms with Crippen molar-refractivity contribution in [1.82, 2.24) is 31.9 Å². The minimum Gasteiger partial charge on any atom is -0.477 e. The molecule has 0 aliphatic carbocycles. The van der Waals surface area contributed by atoms with Gasteiger partial charge in [0.05, 0.1) is 83.3 Å². The second-order valence-corrected chi connectivity index (χ2v) is 32.5. The van der Waals surface area contributed by atoms with Gasteiger partial charge in [-0.3, -0.25) is 28.8 Å². The van der Waals surface area contributed by atoms with Crippen LogP contribution < -0.4 is 31.9 Å². The van der Waals surface area contributed by atoms with Gasteiger partial charge in [0.1, 0.15) is 201 Å². The van der Waals surface area contributed by atoms with Crippen LogP contribution >= 0.6 is 0 Å². The first kappa shape index (κ1) is 107. The summed E-state index contributed by atoms with van der Waals surface area (Å²) in [4.78, 5) is 104. The molecule has 0 aromatic heterocycles. The highest BCUT2D eigenvalue weighted by Crippen LogP contribution is 2.43. The summed E-state index contributed by atoms with van der Waals surface area (Å²) in [5, 5.41) is 306. The van der Waals surface area contributed by atoms with Crippen LogP contribution in [0.25, 0.3) is 0 Å². The molecule has 9 saturated heterocycles. The fraction of sp³-hybridized carbons (Fsp3) is 0.889. The predicted molar refractivity (Wildman–Crippen MR) is 400 cm³/mol. The Kier molecular flexibility index (Phi) is 37.8. The van der Waals surface area contributed by atoms with Crippen molar-refractivity contribution in [3.63, 3.8) is 0 Å². The van der Waals surface area contributed by atoms with E-state index in [1.807, 2.05) is 0 Å². The molecule has 9 heterocycles. The number of carboxylic acid groups (broad SMARTS) is 2. The number of ether oxygens (including phenoxy) is 17. The normalized spacial score (nSPS) is 44.9. The monoisotopic (exact) mass is 1880 g/mol. The molecule has 742 valence electrons. The summed E-state index contributed by atoms with van der Waals surface area (Å²) in [6, 6.07) is -11.7. The van der Waals surface area contributed by atoms with Gasteiger partial charge in [-0.1, -0.05) is 0 Å². The molecule has 0 radical (unpaired) electrons. The average molecular weight is 1880 g/mol. The van der Waals surface area contributed by atoms with E-state index < -0.39 is 400 Å². The summed E-state index contributed by atoms with van der Waals surface area (Å²) in [6.07, 6.45) is -89.4. The van der Waals surface area contributed by atoms with Crippen molar-refractivity contribution >= 4 is 47.4 Å². The van der Waals surface area contributed by atoms with Gasteiger partial charge in [0, 0.05) is 54.4 Å². The molecule has 129 heavy (non-hydrogen) atoms. The number of rotatable bonds is 36. The minimum absolute atomic E-state index is 0.838. The van der Waals surface area contributed by atoms with Crippen LogP contribution in [0.2, 0.25) is 0 Å². The predicted octanol–water partition coefficient (Wildman–Crippen LogP) is -20.3. The largest absolute Gasteiger partial charge is 0.477 e. The molecule has 57 heteroatoms.